The molecule has 2 aromatic heterocycles. The Morgan fingerprint density at radius 3 is 2.73 bits per heavy atom. The lowest BCUT2D eigenvalue weighted by Crippen LogP contribution is -2.33. The lowest BCUT2D eigenvalue weighted by atomic mass is 9.92. The van der Waals surface area contributed by atoms with Gasteiger partial charge in [-0.2, -0.15) is 0 Å². The maximum absolute atomic E-state index is 13.1. The van der Waals surface area contributed by atoms with Gasteiger partial charge < -0.3 is 24.4 Å². The first-order valence-electron chi connectivity index (χ1n) is 14.6. The van der Waals surface area contributed by atoms with Crippen molar-refractivity contribution in [2.45, 2.75) is 25.3 Å². The highest BCUT2D eigenvalue weighted by Crippen LogP contribution is 2.40. The molecule has 1 fully saturated rings. The van der Waals surface area contributed by atoms with E-state index in [1.165, 1.54) is 24.6 Å². The molecule has 0 saturated carbocycles. The lowest BCUT2D eigenvalue weighted by Gasteiger charge is -2.38. The van der Waals surface area contributed by atoms with Crippen LogP contribution in [0.5, 0.6) is 11.5 Å². The van der Waals surface area contributed by atoms with Gasteiger partial charge in [-0.3, -0.25) is 14.6 Å². The Balaban J connectivity index is 1.42. The minimum absolute atomic E-state index is 0.153. The number of rotatable bonds is 10. The number of allylic oxidation sites excluding steroid dienone is 4. The fraction of sp³-hybridized carbons (Fsp3) is 0.265. The molecule has 4 aromatic rings. The van der Waals surface area contributed by atoms with Crippen molar-refractivity contribution >= 4 is 45.2 Å². The van der Waals surface area contributed by atoms with Crippen molar-refractivity contribution in [3.8, 4) is 11.5 Å². The molecule has 1 N–H and O–H groups in total. The maximum Gasteiger partial charge on any atom is 0.186 e. The number of carbonyl (C=O) groups excluding carboxylic acids is 2. The molecule has 10 nitrogen and oxygen atoms in total. The van der Waals surface area contributed by atoms with Crippen LogP contribution >= 0.6 is 0 Å². The Bertz CT molecular complexity index is 1750. The molecule has 2 aromatic carbocycles. The number of benzene rings is 2. The van der Waals surface area contributed by atoms with E-state index in [0.717, 1.165) is 37.1 Å². The van der Waals surface area contributed by atoms with E-state index in [4.69, 9.17) is 14.2 Å². The van der Waals surface area contributed by atoms with Gasteiger partial charge in [0.05, 0.1) is 25.3 Å². The second-order valence-electron chi connectivity index (χ2n) is 10.6. The van der Waals surface area contributed by atoms with Crippen molar-refractivity contribution in [2.24, 2.45) is 0 Å². The zero-order valence-corrected chi connectivity index (χ0v) is 24.7. The molecule has 1 saturated heterocycles. The molecule has 0 spiro atoms. The first kappa shape index (κ1) is 29.0. The summed E-state index contributed by atoms with van der Waals surface area (Å²) < 4.78 is 16.5. The van der Waals surface area contributed by atoms with E-state index in [2.05, 4.69) is 31.2 Å². The Morgan fingerprint density at radius 2 is 1.91 bits per heavy atom. The van der Waals surface area contributed by atoms with Crippen LogP contribution < -0.4 is 19.7 Å². The van der Waals surface area contributed by atoms with Crippen molar-refractivity contribution in [1.82, 2.24) is 15.0 Å². The fourth-order valence-corrected chi connectivity index (χ4v) is 5.72. The van der Waals surface area contributed by atoms with Crippen LogP contribution in [0.25, 0.3) is 16.5 Å². The molecule has 44 heavy (non-hydrogen) atoms. The van der Waals surface area contributed by atoms with Crippen LogP contribution in [0, 0.1) is 0 Å². The number of ketones is 2. The van der Waals surface area contributed by atoms with Crippen LogP contribution in [0.15, 0.2) is 79.4 Å². The number of aromatic nitrogens is 3. The van der Waals surface area contributed by atoms with Gasteiger partial charge in [0.1, 0.15) is 18.8 Å². The zero-order valence-electron chi connectivity index (χ0n) is 24.7. The second-order valence-corrected chi connectivity index (χ2v) is 10.6. The van der Waals surface area contributed by atoms with Gasteiger partial charge in [-0.15, -0.1) is 0 Å². The van der Waals surface area contributed by atoms with Crippen molar-refractivity contribution in [3.05, 3.63) is 90.5 Å². The smallest absolute Gasteiger partial charge is 0.186 e. The molecule has 2 aliphatic rings. The Kier molecular flexibility index (Phi) is 8.60. The summed E-state index contributed by atoms with van der Waals surface area (Å²) >= 11 is 0. The second kappa shape index (κ2) is 13.0. The Hall–Kier alpha value is -5.09. The van der Waals surface area contributed by atoms with Gasteiger partial charge in [-0.1, -0.05) is 6.07 Å². The largest absolute Gasteiger partial charge is 0.493 e. The average molecular weight is 592 g/mol. The van der Waals surface area contributed by atoms with E-state index in [0.29, 0.717) is 58.3 Å². The van der Waals surface area contributed by atoms with Crippen LogP contribution in [-0.4, -0.2) is 60.5 Å². The highest BCUT2D eigenvalue weighted by atomic mass is 16.5. The molecule has 224 valence electrons. The number of hydrogen-bond donors (Lipinski definition) is 1. The molecule has 1 unspecified atom stereocenters. The van der Waals surface area contributed by atoms with Gasteiger partial charge in [-0.05, 0) is 73.4 Å². The lowest BCUT2D eigenvalue weighted by molar-refractivity contribution is -0.113. The van der Waals surface area contributed by atoms with Crippen LogP contribution in [0.3, 0.4) is 0 Å². The zero-order chi connectivity index (χ0) is 30.5. The predicted octanol–water partition coefficient (Wildman–Crippen LogP) is 5.63. The normalized spacial score (nSPS) is 16.6. The van der Waals surface area contributed by atoms with E-state index >= 15 is 0 Å². The maximum atomic E-state index is 13.1. The molecular weight excluding hydrogens is 558 g/mol. The summed E-state index contributed by atoms with van der Waals surface area (Å²) in [5, 5.41) is 4.12. The van der Waals surface area contributed by atoms with Gasteiger partial charge in [0.2, 0.25) is 0 Å². The van der Waals surface area contributed by atoms with Crippen molar-refractivity contribution in [1.29, 1.82) is 0 Å². The summed E-state index contributed by atoms with van der Waals surface area (Å²) in [4.78, 5) is 41.3. The molecule has 1 aliphatic heterocycles. The van der Waals surface area contributed by atoms with Gasteiger partial charge in [0, 0.05) is 60.0 Å². The monoisotopic (exact) mass is 591 g/mol. The molecule has 1 aliphatic carbocycles. The van der Waals surface area contributed by atoms with E-state index < -0.39 is 0 Å². The number of ether oxygens (including phenoxy) is 3. The minimum Gasteiger partial charge on any atom is -0.493 e. The quantitative estimate of drug-likeness (QED) is 0.184. The molecule has 3 heterocycles. The number of hydrogen-bond acceptors (Lipinski definition) is 10. The van der Waals surface area contributed by atoms with Crippen molar-refractivity contribution in [3.63, 3.8) is 0 Å². The Morgan fingerprint density at radius 1 is 1.00 bits per heavy atom. The number of pyridine rings is 1. The number of anilines is 3. The number of piperidine rings is 1. The number of methoxy groups -OCH3 is 2. The fourth-order valence-electron chi connectivity index (χ4n) is 5.72. The molecule has 10 heteroatoms. The molecule has 0 radical (unpaired) electrons. The third-order valence-electron chi connectivity index (χ3n) is 7.87. The molecule has 0 bridgehead atoms. The molecular formula is C34H33N5O5. The minimum atomic E-state index is -0.237. The highest BCUT2D eigenvalue weighted by molar-refractivity contribution is 6.34. The summed E-state index contributed by atoms with van der Waals surface area (Å²) in [6, 6.07) is 13.8. The van der Waals surface area contributed by atoms with Crippen molar-refractivity contribution in [2.75, 3.05) is 44.2 Å². The van der Waals surface area contributed by atoms with E-state index in [9.17, 15) is 9.59 Å². The Labute approximate surface area is 255 Å². The summed E-state index contributed by atoms with van der Waals surface area (Å²) in [6.07, 6.45) is 12.3. The average Bonchev–Trinajstić information content (AvgIpc) is 3.06. The third kappa shape index (κ3) is 6.02. The van der Waals surface area contributed by atoms with Crippen LogP contribution in [-0.2, 0) is 14.3 Å². The number of fused-ring (bicyclic) bond motifs is 1. The number of carbonyl (C=O) groups is 2. The topological polar surface area (TPSA) is 116 Å². The third-order valence-corrected chi connectivity index (χ3v) is 7.87. The van der Waals surface area contributed by atoms with E-state index in [1.807, 2.05) is 36.5 Å². The first-order valence-corrected chi connectivity index (χ1v) is 14.6. The standard InChI is InChI=1S/C34H33N5O5/c1-42-14-15-44-33-19-29-27(18-32(33)43-2)34(37-21-36-29)38-28-10-8-23(16-25(28)26-17-24(40)9-11-31(26)41)39-13-4-3-7-30(39)22-6-5-12-35-20-22/h5-6,8-12,16-21,30H,3-4,7,13-15H2,1-2H3,(H,36,37,38). The van der Waals surface area contributed by atoms with E-state index in [-0.39, 0.29) is 17.6 Å². The number of nitrogens with zero attached hydrogens (tertiary/aromatic N) is 4. The summed E-state index contributed by atoms with van der Waals surface area (Å²) in [6.45, 7) is 1.66. The van der Waals surface area contributed by atoms with Crippen LogP contribution in [0.4, 0.5) is 17.2 Å². The summed E-state index contributed by atoms with van der Waals surface area (Å²) in [5.41, 5.74) is 4.31. The van der Waals surface area contributed by atoms with E-state index in [1.54, 1.807) is 26.5 Å². The van der Waals surface area contributed by atoms with Crippen molar-refractivity contribution < 1.29 is 23.8 Å². The molecule has 0 amide bonds. The van der Waals surface area contributed by atoms with Gasteiger partial charge in [0.15, 0.2) is 23.1 Å². The first-order chi connectivity index (χ1) is 21.6. The SMILES string of the molecule is COCCOc1cc2ncnc(Nc3ccc(N4CCCCC4c4cccnc4)cc3C3=CC(=O)C=CC3=O)c2cc1OC. The predicted molar refractivity (Wildman–Crippen MR) is 168 cm³/mol. The van der Waals surface area contributed by atoms with Gasteiger partial charge in [-0.25, -0.2) is 9.97 Å². The highest BCUT2D eigenvalue weighted by Gasteiger charge is 2.27. The molecule has 1 atom stereocenters. The number of nitrogens with one attached hydrogen (secondary N) is 1. The summed E-state index contributed by atoms with van der Waals surface area (Å²) in [7, 11) is 3.19. The molecule has 6 rings (SSSR count). The summed E-state index contributed by atoms with van der Waals surface area (Å²) in [5.74, 6) is 1.11. The van der Waals surface area contributed by atoms with Gasteiger partial charge >= 0.3 is 0 Å². The van der Waals surface area contributed by atoms with Crippen LogP contribution in [0.2, 0.25) is 0 Å². The van der Waals surface area contributed by atoms with Gasteiger partial charge in [0.25, 0.3) is 0 Å². The van der Waals surface area contributed by atoms with Crippen LogP contribution in [0.1, 0.15) is 36.4 Å².